The third-order valence-corrected chi connectivity index (χ3v) is 3.06. The summed E-state index contributed by atoms with van der Waals surface area (Å²) >= 11 is 0. The summed E-state index contributed by atoms with van der Waals surface area (Å²) in [6, 6.07) is 7.15. The Balaban J connectivity index is 2.04. The van der Waals surface area contributed by atoms with Crippen LogP contribution >= 0.6 is 0 Å². The highest BCUT2D eigenvalue weighted by Gasteiger charge is 2.11. The van der Waals surface area contributed by atoms with Gasteiger partial charge in [-0.05, 0) is 30.7 Å². The van der Waals surface area contributed by atoms with Crippen molar-refractivity contribution in [1.82, 2.24) is 5.32 Å². The molecule has 5 heteroatoms. The molecular weight excluding hydrogens is 267 g/mol. The van der Waals surface area contributed by atoms with E-state index in [-0.39, 0.29) is 11.8 Å². The molecule has 0 radical (unpaired) electrons. The third-order valence-electron chi connectivity index (χ3n) is 3.06. The van der Waals surface area contributed by atoms with E-state index in [1.165, 1.54) is 18.2 Å². The molecule has 0 saturated heterocycles. The molecule has 2 rings (SSSR count). The summed E-state index contributed by atoms with van der Waals surface area (Å²) in [6.07, 6.45) is 0. The molecule has 20 heavy (non-hydrogen) atoms. The van der Waals surface area contributed by atoms with Crippen molar-refractivity contribution in [2.45, 2.75) is 19.5 Å². The van der Waals surface area contributed by atoms with Crippen molar-refractivity contribution < 1.29 is 18.3 Å². The Morgan fingerprint density at radius 3 is 2.45 bits per heavy atom. The number of hydrogen-bond donors (Lipinski definition) is 2. The minimum absolute atomic E-state index is 0.143. The predicted octanol–water partition coefficient (Wildman–Crippen LogP) is 3.66. The number of phenolic OH excluding ortho intramolecular Hbond substituents is 1. The molecule has 0 aliphatic rings. The molecule has 1 atom stereocenters. The van der Waals surface area contributed by atoms with Gasteiger partial charge < -0.3 is 10.4 Å². The van der Waals surface area contributed by atoms with Crippen LogP contribution in [0.15, 0.2) is 36.4 Å². The van der Waals surface area contributed by atoms with Crippen LogP contribution < -0.4 is 5.32 Å². The lowest BCUT2D eigenvalue weighted by Crippen LogP contribution is -2.18. The van der Waals surface area contributed by atoms with Crippen molar-refractivity contribution in [3.05, 3.63) is 65.0 Å². The topological polar surface area (TPSA) is 32.3 Å². The molecule has 2 aromatic rings. The normalized spacial score (nSPS) is 12.4. The van der Waals surface area contributed by atoms with Crippen LogP contribution in [0.2, 0.25) is 0 Å². The number of hydrogen-bond acceptors (Lipinski definition) is 2. The van der Waals surface area contributed by atoms with Crippen molar-refractivity contribution in [1.29, 1.82) is 0 Å². The quantitative estimate of drug-likeness (QED) is 0.896. The van der Waals surface area contributed by atoms with E-state index in [0.717, 1.165) is 18.2 Å². The average molecular weight is 281 g/mol. The zero-order valence-electron chi connectivity index (χ0n) is 10.8. The summed E-state index contributed by atoms with van der Waals surface area (Å²) < 4.78 is 38.7. The number of nitrogens with one attached hydrogen (secondary N) is 1. The SMILES string of the molecule is CC(NCc1ccc(F)c(F)c1)c1ccc(F)cc1O. The van der Waals surface area contributed by atoms with E-state index in [2.05, 4.69) is 5.32 Å². The molecule has 0 spiro atoms. The molecule has 0 bridgehead atoms. The molecule has 0 aliphatic carbocycles. The second kappa shape index (κ2) is 5.96. The van der Waals surface area contributed by atoms with E-state index in [4.69, 9.17) is 0 Å². The second-order valence-electron chi connectivity index (χ2n) is 4.55. The molecule has 0 heterocycles. The van der Waals surface area contributed by atoms with Gasteiger partial charge in [-0.15, -0.1) is 0 Å². The number of halogens is 3. The van der Waals surface area contributed by atoms with Crippen LogP contribution in [0.4, 0.5) is 13.2 Å². The Bertz CT molecular complexity index is 616. The highest BCUT2D eigenvalue weighted by atomic mass is 19.2. The lowest BCUT2D eigenvalue weighted by atomic mass is 10.1. The van der Waals surface area contributed by atoms with Gasteiger partial charge in [0.05, 0.1) is 0 Å². The molecule has 0 fully saturated rings. The van der Waals surface area contributed by atoms with Gasteiger partial charge in [0, 0.05) is 24.2 Å². The van der Waals surface area contributed by atoms with Crippen LogP contribution in [0, 0.1) is 17.5 Å². The first-order valence-corrected chi connectivity index (χ1v) is 6.13. The fraction of sp³-hybridized carbons (Fsp3) is 0.200. The molecule has 0 aliphatic heterocycles. The van der Waals surface area contributed by atoms with Gasteiger partial charge in [0.15, 0.2) is 11.6 Å². The summed E-state index contributed by atoms with van der Waals surface area (Å²) in [4.78, 5) is 0. The Kier molecular flexibility index (Phi) is 4.29. The van der Waals surface area contributed by atoms with Crippen LogP contribution in [-0.4, -0.2) is 5.11 Å². The molecule has 106 valence electrons. The highest BCUT2D eigenvalue weighted by Crippen LogP contribution is 2.25. The summed E-state index contributed by atoms with van der Waals surface area (Å²) in [6.45, 7) is 2.09. The number of aromatic hydroxyl groups is 1. The monoisotopic (exact) mass is 281 g/mol. The molecule has 2 nitrogen and oxygen atoms in total. The van der Waals surface area contributed by atoms with E-state index in [9.17, 15) is 18.3 Å². The minimum atomic E-state index is -0.901. The number of phenols is 1. The minimum Gasteiger partial charge on any atom is -0.508 e. The highest BCUT2D eigenvalue weighted by molar-refractivity contribution is 5.35. The van der Waals surface area contributed by atoms with Gasteiger partial charge in [-0.3, -0.25) is 0 Å². The lowest BCUT2D eigenvalue weighted by molar-refractivity contribution is 0.446. The Morgan fingerprint density at radius 1 is 1.05 bits per heavy atom. The molecule has 0 amide bonds. The van der Waals surface area contributed by atoms with E-state index in [1.54, 1.807) is 6.92 Å². The van der Waals surface area contributed by atoms with E-state index >= 15 is 0 Å². The average Bonchev–Trinajstić information content (AvgIpc) is 2.40. The van der Waals surface area contributed by atoms with Gasteiger partial charge in [0.25, 0.3) is 0 Å². The van der Waals surface area contributed by atoms with Gasteiger partial charge in [0.2, 0.25) is 0 Å². The van der Waals surface area contributed by atoms with Crippen molar-refractivity contribution in [3.8, 4) is 5.75 Å². The summed E-state index contributed by atoms with van der Waals surface area (Å²) in [5, 5.41) is 12.7. The molecule has 0 aromatic heterocycles. The maximum atomic E-state index is 13.1. The Hall–Kier alpha value is -2.01. The maximum Gasteiger partial charge on any atom is 0.159 e. The van der Waals surface area contributed by atoms with Crippen molar-refractivity contribution in [2.24, 2.45) is 0 Å². The van der Waals surface area contributed by atoms with Gasteiger partial charge >= 0.3 is 0 Å². The first kappa shape index (κ1) is 14.4. The summed E-state index contributed by atoms with van der Waals surface area (Å²) in [5.74, 6) is -2.45. The van der Waals surface area contributed by atoms with Gasteiger partial charge in [0.1, 0.15) is 11.6 Å². The fourth-order valence-electron chi connectivity index (χ4n) is 1.91. The molecular formula is C15H14F3NO. The first-order valence-electron chi connectivity index (χ1n) is 6.13. The van der Waals surface area contributed by atoms with Crippen LogP contribution in [0.3, 0.4) is 0 Å². The van der Waals surface area contributed by atoms with Gasteiger partial charge in [-0.1, -0.05) is 12.1 Å². The number of rotatable bonds is 4. The lowest BCUT2D eigenvalue weighted by Gasteiger charge is -2.15. The van der Waals surface area contributed by atoms with Crippen LogP contribution in [0.5, 0.6) is 5.75 Å². The van der Waals surface area contributed by atoms with Crippen LogP contribution in [-0.2, 0) is 6.54 Å². The predicted molar refractivity (Wildman–Crippen MR) is 69.7 cm³/mol. The largest absolute Gasteiger partial charge is 0.508 e. The fourth-order valence-corrected chi connectivity index (χ4v) is 1.91. The van der Waals surface area contributed by atoms with E-state index < -0.39 is 17.5 Å². The van der Waals surface area contributed by atoms with Gasteiger partial charge in [-0.25, -0.2) is 13.2 Å². The molecule has 1 unspecified atom stereocenters. The van der Waals surface area contributed by atoms with Crippen LogP contribution in [0.1, 0.15) is 24.1 Å². The first-order chi connectivity index (χ1) is 9.47. The van der Waals surface area contributed by atoms with E-state index in [0.29, 0.717) is 17.7 Å². The molecule has 2 aromatic carbocycles. The van der Waals surface area contributed by atoms with Crippen LogP contribution in [0.25, 0.3) is 0 Å². The zero-order chi connectivity index (χ0) is 14.7. The smallest absolute Gasteiger partial charge is 0.159 e. The molecule has 0 saturated carbocycles. The van der Waals surface area contributed by atoms with Crippen molar-refractivity contribution in [2.75, 3.05) is 0 Å². The standard InChI is InChI=1S/C15H14F3NO/c1-9(12-4-3-11(16)7-15(12)20)19-8-10-2-5-13(17)14(18)6-10/h2-7,9,19-20H,8H2,1H3. The second-order valence-corrected chi connectivity index (χ2v) is 4.55. The number of benzene rings is 2. The summed E-state index contributed by atoms with van der Waals surface area (Å²) in [5.41, 5.74) is 1.12. The Labute approximate surface area is 114 Å². The molecule has 2 N–H and O–H groups in total. The van der Waals surface area contributed by atoms with Crippen molar-refractivity contribution >= 4 is 0 Å². The summed E-state index contributed by atoms with van der Waals surface area (Å²) in [7, 11) is 0. The Morgan fingerprint density at radius 2 is 1.80 bits per heavy atom. The van der Waals surface area contributed by atoms with E-state index in [1.807, 2.05) is 0 Å². The third kappa shape index (κ3) is 3.30. The zero-order valence-corrected chi connectivity index (χ0v) is 10.8. The van der Waals surface area contributed by atoms with Gasteiger partial charge in [-0.2, -0.15) is 0 Å². The maximum absolute atomic E-state index is 13.1. The van der Waals surface area contributed by atoms with Crippen molar-refractivity contribution in [3.63, 3.8) is 0 Å².